The Morgan fingerprint density at radius 2 is 1.49 bits per heavy atom. The first kappa shape index (κ1) is 19.1. The molecule has 0 saturated heterocycles. The van der Waals surface area contributed by atoms with Crippen LogP contribution in [-0.4, -0.2) is 4.98 Å². The second kappa shape index (κ2) is 6.91. The Hall–Kier alpha value is -4.21. The quantitative estimate of drug-likeness (QED) is 0.226. The number of fused-ring (bicyclic) bond motifs is 9. The Kier molecular flexibility index (Phi) is 3.78. The van der Waals surface area contributed by atoms with Gasteiger partial charge in [-0.05, 0) is 77.5 Å². The Labute approximate surface area is 205 Å². The number of furan rings is 1. The molecule has 0 atom stereocenters. The molecule has 0 amide bonds. The van der Waals surface area contributed by atoms with Crippen molar-refractivity contribution in [3.8, 4) is 11.1 Å². The summed E-state index contributed by atoms with van der Waals surface area (Å²) >= 11 is 1.86. The standard InChI is InChI=1S/C32H19NOS/c1-18-12-13-33-32-24-17-30-26(22-7-3-5-9-29(22)35-30)16-20(24)15-23(31(18)32)19-10-11-28-25(14-19)21-6-2-4-8-27(21)34-28/h2-17H,1H3. The van der Waals surface area contributed by atoms with E-state index in [4.69, 9.17) is 9.40 Å². The van der Waals surface area contributed by atoms with Crippen LogP contribution in [0.5, 0.6) is 0 Å². The van der Waals surface area contributed by atoms with Crippen LogP contribution in [0.2, 0.25) is 0 Å². The lowest BCUT2D eigenvalue weighted by atomic mass is 9.92. The lowest BCUT2D eigenvalue weighted by Crippen LogP contribution is -1.90. The van der Waals surface area contributed by atoms with Crippen LogP contribution in [-0.2, 0) is 0 Å². The normalized spacial score (nSPS) is 12.1. The first-order valence-electron chi connectivity index (χ1n) is 11.8. The smallest absolute Gasteiger partial charge is 0.135 e. The van der Waals surface area contributed by atoms with Gasteiger partial charge in [0, 0.05) is 47.9 Å². The molecule has 3 heterocycles. The molecule has 3 aromatic heterocycles. The number of pyridine rings is 1. The molecule has 3 heteroatoms. The zero-order chi connectivity index (χ0) is 23.1. The van der Waals surface area contributed by atoms with E-state index in [0.29, 0.717) is 0 Å². The lowest BCUT2D eigenvalue weighted by Gasteiger charge is -2.13. The van der Waals surface area contributed by atoms with Crippen molar-refractivity contribution in [2.45, 2.75) is 6.92 Å². The third-order valence-corrected chi connectivity index (χ3v) is 8.35. The summed E-state index contributed by atoms with van der Waals surface area (Å²) in [4.78, 5) is 4.91. The van der Waals surface area contributed by atoms with E-state index in [-0.39, 0.29) is 0 Å². The second-order valence-corrected chi connectivity index (χ2v) is 10.3. The van der Waals surface area contributed by atoms with Gasteiger partial charge >= 0.3 is 0 Å². The van der Waals surface area contributed by atoms with E-state index in [2.05, 4.69) is 85.8 Å². The molecule has 35 heavy (non-hydrogen) atoms. The van der Waals surface area contributed by atoms with E-state index >= 15 is 0 Å². The Morgan fingerprint density at radius 3 is 2.43 bits per heavy atom. The van der Waals surface area contributed by atoms with E-state index < -0.39 is 0 Å². The summed E-state index contributed by atoms with van der Waals surface area (Å²) in [5, 5.41) is 8.57. The summed E-state index contributed by atoms with van der Waals surface area (Å²) in [7, 11) is 0. The molecule has 2 nitrogen and oxygen atoms in total. The first-order chi connectivity index (χ1) is 17.2. The van der Waals surface area contributed by atoms with E-state index in [1.165, 1.54) is 53.0 Å². The third-order valence-electron chi connectivity index (χ3n) is 7.22. The number of benzene rings is 5. The van der Waals surface area contributed by atoms with Crippen molar-refractivity contribution in [1.29, 1.82) is 0 Å². The number of para-hydroxylation sites is 1. The molecule has 5 aromatic carbocycles. The fraction of sp³-hybridized carbons (Fsp3) is 0.0312. The summed E-state index contributed by atoms with van der Waals surface area (Å²) in [6.45, 7) is 2.18. The molecule has 0 fully saturated rings. The van der Waals surface area contributed by atoms with Crippen LogP contribution >= 0.6 is 11.3 Å². The number of hydrogen-bond donors (Lipinski definition) is 0. The van der Waals surface area contributed by atoms with E-state index in [1.54, 1.807) is 0 Å². The van der Waals surface area contributed by atoms with Crippen LogP contribution in [0.15, 0.2) is 102 Å². The Bertz CT molecular complexity index is 2130. The fourth-order valence-corrected chi connectivity index (χ4v) is 6.69. The van der Waals surface area contributed by atoms with Gasteiger partial charge in [-0.1, -0.05) is 42.5 Å². The summed E-state index contributed by atoms with van der Waals surface area (Å²) in [6, 6.07) is 32.6. The highest BCUT2D eigenvalue weighted by molar-refractivity contribution is 7.25. The van der Waals surface area contributed by atoms with Gasteiger partial charge in [-0.25, -0.2) is 0 Å². The van der Waals surface area contributed by atoms with Gasteiger partial charge in [0.1, 0.15) is 11.2 Å². The topological polar surface area (TPSA) is 26.0 Å². The van der Waals surface area contributed by atoms with Crippen LogP contribution < -0.4 is 0 Å². The molecule has 0 spiro atoms. The highest BCUT2D eigenvalue weighted by Gasteiger charge is 2.16. The average molecular weight is 466 g/mol. The molecule has 8 rings (SSSR count). The number of aromatic nitrogens is 1. The minimum Gasteiger partial charge on any atom is -0.456 e. The number of thiophene rings is 1. The maximum absolute atomic E-state index is 6.09. The van der Waals surface area contributed by atoms with Crippen molar-refractivity contribution in [3.63, 3.8) is 0 Å². The van der Waals surface area contributed by atoms with Crippen LogP contribution in [0.3, 0.4) is 0 Å². The van der Waals surface area contributed by atoms with Gasteiger partial charge in [0.25, 0.3) is 0 Å². The summed E-state index contributed by atoms with van der Waals surface area (Å²) < 4.78 is 8.72. The van der Waals surface area contributed by atoms with Crippen molar-refractivity contribution in [1.82, 2.24) is 4.98 Å². The Balaban J connectivity index is 1.50. The molecular weight excluding hydrogens is 446 g/mol. The molecule has 0 bridgehead atoms. The van der Waals surface area contributed by atoms with Crippen molar-refractivity contribution in [3.05, 3.63) is 103 Å². The van der Waals surface area contributed by atoms with Crippen LogP contribution in [0.4, 0.5) is 0 Å². The van der Waals surface area contributed by atoms with Crippen molar-refractivity contribution in [2.24, 2.45) is 0 Å². The van der Waals surface area contributed by atoms with Gasteiger partial charge in [-0.3, -0.25) is 4.98 Å². The SMILES string of the molecule is Cc1ccnc2c1c(-c1ccc3oc4ccccc4c3c1)cc1cc3c(cc12)sc1ccccc13. The van der Waals surface area contributed by atoms with Gasteiger partial charge in [-0.2, -0.15) is 0 Å². The van der Waals surface area contributed by atoms with Gasteiger partial charge in [0.15, 0.2) is 0 Å². The zero-order valence-electron chi connectivity index (χ0n) is 19.0. The number of nitrogens with zero attached hydrogens (tertiary/aromatic N) is 1. The Morgan fingerprint density at radius 1 is 0.657 bits per heavy atom. The lowest BCUT2D eigenvalue weighted by molar-refractivity contribution is 0.669. The average Bonchev–Trinajstić information content (AvgIpc) is 3.44. The molecule has 0 aliphatic heterocycles. The predicted octanol–water partition coefficient (Wildman–Crippen LogP) is 9.63. The van der Waals surface area contributed by atoms with Crippen LogP contribution in [0, 0.1) is 6.92 Å². The van der Waals surface area contributed by atoms with Crippen molar-refractivity contribution in [2.75, 3.05) is 0 Å². The molecule has 0 aliphatic rings. The van der Waals surface area contributed by atoms with E-state index in [0.717, 1.165) is 27.5 Å². The maximum Gasteiger partial charge on any atom is 0.135 e. The third kappa shape index (κ3) is 2.67. The number of rotatable bonds is 1. The molecule has 0 radical (unpaired) electrons. The molecular formula is C32H19NOS. The predicted molar refractivity (Wildman–Crippen MR) is 150 cm³/mol. The van der Waals surface area contributed by atoms with Crippen LogP contribution in [0.25, 0.3) is 74.9 Å². The highest BCUT2D eigenvalue weighted by atomic mass is 32.1. The van der Waals surface area contributed by atoms with Crippen LogP contribution in [0.1, 0.15) is 5.56 Å². The molecule has 0 N–H and O–H groups in total. The first-order valence-corrected chi connectivity index (χ1v) is 12.6. The number of aryl methyl sites for hydroxylation is 1. The molecule has 164 valence electrons. The number of hydrogen-bond acceptors (Lipinski definition) is 3. The van der Waals surface area contributed by atoms with E-state index in [1.807, 2.05) is 29.7 Å². The summed E-state index contributed by atoms with van der Waals surface area (Å²) in [5.74, 6) is 0. The summed E-state index contributed by atoms with van der Waals surface area (Å²) in [5.41, 5.74) is 6.54. The van der Waals surface area contributed by atoms with Gasteiger partial charge in [0.05, 0.1) is 5.52 Å². The van der Waals surface area contributed by atoms with Gasteiger partial charge in [0.2, 0.25) is 0 Å². The second-order valence-electron chi connectivity index (χ2n) is 9.25. The molecule has 8 aromatic rings. The molecule has 0 unspecified atom stereocenters. The monoisotopic (exact) mass is 465 g/mol. The zero-order valence-corrected chi connectivity index (χ0v) is 19.8. The molecule has 0 aliphatic carbocycles. The molecule has 0 saturated carbocycles. The minimum atomic E-state index is 0.918. The largest absolute Gasteiger partial charge is 0.456 e. The summed E-state index contributed by atoms with van der Waals surface area (Å²) in [6.07, 6.45) is 1.93. The highest BCUT2D eigenvalue weighted by Crippen LogP contribution is 2.42. The van der Waals surface area contributed by atoms with E-state index in [9.17, 15) is 0 Å². The van der Waals surface area contributed by atoms with Crippen molar-refractivity contribution >= 4 is 75.1 Å². The van der Waals surface area contributed by atoms with Gasteiger partial charge in [-0.15, -0.1) is 11.3 Å². The van der Waals surface area contributed by atoms with Crippen molar-refractivity contribution < 1.29 is 4.42 Å². The van der Waals surface area contributed by atoms with Gasteiger partial charge < -0.3 is 4.42 Å². The fourth-order valence-electron chi connectivity index (χ4n) is 5.56. The maximum atomic E-state index is 6.09. The minimum absolute atomic E-state index is 0.918.